The van der Waals surface area contributed by atoms with E-state index in [9.17, 15) is 0 Å². The summed E-state index contributed by atoms with van der Waals surface area (Å²) in [4.78, 5) is 0. The van der Waals surface area contributed by atoms with Gasteiger partial charge in [0.15, 0.2) is 0 Å². The molecule has 2 atom stereocenters. The quantitative estimate of drug-likeness (QED) is 0.481. The molecule has 0 aromatic heterocycles. The first kappa shape index (κ1) is 20.3. The summed E-state index contributed by atoms with van der Waals surface area (Å²) >= 11 is 0. The van der Waals surface area contributed by atoms with Crippen LogP contribution < -0.4 is 9.47 Å². The van der Waals surface area contributed by atoms with Crippen molar-refractivity contribution in [3.8, 4) is 11.5 Å². The SMILES string of the molecule is CCCc1cc(C2=CCC(c3ccc(OCC4CO4)cc3)=CC2)ccc1OCC1CO1. The highest BCUT2D eigenvalue weighted by molar-refractivity contribution is 5.78. The molecule has 2 aliphatic heterocycles. The minimum absolute atomic E-state index is 0.284. The van der Waals surface area contributed by atoms with E-state index in [-0.39, 0.29) is 12.2 Å². The number of allylic oxidation sites excluding steroid dienone is 4. The molecule has 2 saturated heterocycles. The van der Waals surface area contributed by atoms with E-state index < -0.39 is 0 Å². The molecule has 0 spiro atoms. The Hall–Kier alpha value is -2.56. The van der Waals surface area contributed by atoms with Gasteiger partial charge in [-0.2, -0.15) is 0 Å². The van der Waals surface area contributed by atoms with Crippen molar-refractivity contribution in [1.82, 2.24) is 0 Å². The van der Waals surface area contributed by atoms with Gasteiger partial charge < -0.3 is 18.9 Å². The largest absolute Gasteiger partial charge is 0.491 e. The average Bonchev–Trinajstić information content (AvgIpc) is 3.73. The van der Waals surface area contributed by atoms with Crippen molar-refractivity contribution in [2.75, 3.05) is 26.4 Å². The third-order valence-electron chi connectivity index (χ3n) is 5.98. The van der Waals surface area contributed by atoms with Gasteiger partial charge in [-0.25, -0.2) is 0 Å². The van der Waals surface area contributed by atoms with Gasteiger partial charge in [-0.3, -0.25) is 0 Å². The van der Waals surface area contributed by atoms with Crippen LogP contribution in [0.2, 0.25) is 0 Å². The predicted molar refractivity (Wildman–Crippen MR) is 123 cm³/mol. The monoisotopic (exact) mass is 418 g/mol. The highest BCUT2D eigenvalue weighted by Gasteiger charge is 2.24. The van der Waals surface area contributed by atoms with Gasteiger partial charge in [-0.15, -0.1) is 0 Å². The Morgan fingerprint density at radius 1 is 0.806 bits per heavy atom. The maximum atomic E-state index is 6.00. The van der Waals surface area contributed by atoms with Gasteiger partial charge in [0, 0.05) is 0 Å². The fraction of sp³-hybridized carbons (Fsp3) is 0.407. The van der Waals surface area contributed by atoms with Crippen molar-refractivity contribution >= 4 is 11.1 Å². The molecule has 2 fully saturated rings. The van der Waals surface area contributed by atoms with Crippen LogP contribution in [0.15, 0.2) is 54.6 Å². The van der Waals surface area contributed by atoms with E-state index in [1.54, 1.807) is 0 Å². The lowest BCUT2D eigenvalue weighted by molar-refractivity contribution is 0.261. The Morgan fingerprint density at radius 3 is 2.03 bits per heavy atom. The van der Waals surface area contributed by atoms with Crippen molar-refractivity contribution in [3.63, 3.8) is 0 Å². The fourth-order valence-electron chi connectivity index (χ4n) is 3.95. The van der Waals surface area contributed by atoms with Crippen molar-refractivity contribution in [2.24, 2.45) is 0 Å². The van der Waals surface area contributed by atoms with Gasteiger partial charge in [0.1, 0.15) is 36.9 Å². The van der Waals surface area contributed by atoms with E-state index in [0.717, 1.165) is 50.4 Å². The molecular weight excluding hydrogens is 388 g/mol. The van der Waals surface area contributed by atoms with Crippen molar-refractivity contribution in [3.05, 3.63) is 71.3 Å². The molecule has 31 heavy (non-hydrogen) atoms. The molecule has 0 amide bonds. The lowest BCUT2D eigenvalue weighted by Gasteiger charge is -2.17. The number of hydrogen-bond acceptors (Lipinski definition) is 4. The topological polar surface area (TPSA) is 43.5 Å². The molecular formula is C27H30O4. The Labute approximate surface area is 184 Å². The molecule has 3 aliphatic rings. The van der Waals surface area contributed by atoms with E-state index >= 15 is 0 Å². The van der Waals surface area contributed by atoms with E-state index in [0.29, 0.717) is 13.2 Å². The van der Waals surface area contributed by atoms with E-state index in [2.05, 4.69) is 61.5 Å². The fourth-order valence-corrected chi connectivity index (χ4v) is 3.95. The summed E-state index contributed by atoms with van der Waals surface area (Å²) in [6.07, 6.45) is 9.34. The summed E-state index contributed by atoms with van der Waals surface area (Å²) in [5.41, 5.74) is 6.63. The Kier molecular flexibility index (Phi) is 6.10. The molecule has 162 valence electrons. The van der Waals surface area contributed by atoms with E-state index in [1.807, 2.05) is 0 Å². The van der Waals surface area contributed by atoms with Crippen LogP contribution in [-0.2, 0) is 15.9 Å². The number of hydrogen-bond donors (Lipinski definition) is 0. The standard InChI is InChI=1S/C27H30O4/c1-2-3-23-14-22(10-13-27(23)31-18-26-17-30-26)21-6-4-19(5-7-21)20-8-11-24(12-9-20)28-15-25-16-29-25/h4,7-14,25-26H,2-3,5-6,15-18H2,1H3. The molecule has 4 heteroatoms. The van der Waals surface area contributed by atoms with Crippen molar-refractivity contribution in [1.29, 1.82) is 0 Å². The van der Waals surface area contributed by atoms with Crippen LogP contribution in [0.3, 0.4) is 0 Å². The second kappa shape index (κ2) is 9.29. The second-order valence-electron chi connectivity index (χ2n) is 8.50. The average molecular weight is 419 g/mol. The number of ether oxygens (including phenoxy) is 4. The third kappa shape index (κ3) is 5.38. The van der Waals surface area contributed by atoms with E-state index in [4.69, 9.17) is 18.9 Å². The zero-order valence-corrected chi connectivity index (χ0v) is 18.1. The Balaban J connectivity index is 1.22. The summed E-state index contributed by atoms with van der Waals surface area (Å²) in [6.45, 7) is 5.17. The molecule has 2 aromatic carbocycles. The first-order valence-electron chi connectivity index (χ1n) is 11.4. The molecule has 4 nitrogen and oxygen atoms in total. The highest BCUT2D eigenvalue weighted by atomic mass is 16.6. The van der Waals surface area contributed by atoms with Crippen molar-refractivity contribution in [2.45, 2.75) is 44.8 Å². The number of rotatable bonds is 10. The second-order valence-corrected chi connectivity index (χ2v) is 8.50. The maximum absolute atomic E-state index is 6.00. The summed E-state index contributed by atoms with van der Waals surface area (Å²) < 4.78 is 22.2. The van der Waals surface area contributed by atoms with Crippen LogP contribution in [-0.4, -0.2) is 38.6 Å². The van der Waals surface area contributed by atoms with Crippen LogP contribution in [0.5, 0.6) is 11.5 Å². The third-order valence-corrected chi connectivity index (χ3v) is 5.98. The Bertz CT molecular complexity index is 965. The molecule has 2 aromatic rings. The lowest BCUT2D eigenvalue weighted by atomic mass is 9.90. The maximum Gasteiger partial charge on any atom is 0.122 e. The van der Waals surface area contributed by atoms with Crippen LogP contribution in [0.4, 0.5) is 0 Å². The van der Waals surface area contributed by atoms with E-state index in [1.165, 1.54) is 27.8 Å². The van der Waals surface area contributed by atoms with Crippen LogP contribution in [0, 0.1) is 0 Å². The summed E-state index contributed by atoms with van der Waals surface area (Å²) in [5, 5.41) is 0. The number of benzene rings is 2. The lowest BCUT2D eigenvalue weighted by Crippen LogP contribution is -2.06. The molecule has 0 saturated carbocycles. The summed E-state index contributed by atoms with van der Waals surface area (Å²) in [5.74, 6) is 1.91. The van der Waals surface area contributed by atoms with Gasteiger partial charge in [-0.1, -0.05) is 43.7 Å². The molecule has 0 radical (unpaired) electrons. The van der Waals surface area contributed by atoms with Crippen molar-refractivity contribution < 1.29 is 18.9 Å². The zero-order chi connectivity index (χ0) is 21.0. The first-order valence-corrected chi connectivity index (χ1v) is 11.4. The number of aryl methyl sites for hydroxylation is 1. The predicted octanol–water partition coefficient (Wildman–Crippen LogP) is 5.46. The van der Waals surface area contributed by atoms with Crippen LogP contribution in [0.1, 0.15) is 42.9 Å². The normalized spacial score (nSPS) is 21.8. The molecule has 5 rings (SSSR count). The molecule has 2 unspecified atom stereocenters. The Morgan fingerprint density at radius 2 is 1.42 bits per heavy atom. The zero-order valence-electron chi connectivity index (χ0n) is 18.1. The van der Waals surface area contributed by atoms with Gasteiger partial charge in [-0.05, 0) is 71.4 Å². The smallest absolute Gasteiger partial charge is 0.122 e. The van der Waals surface area contributed by atoms with Gasteiger partial charge in [0.25, 0.3) is 0 Å². The van der Waals surface area contributed by atoms with Gasteiger partial charge in [0.05, 0.1) is 13.2 Å². The summed E-state index contributed by atoms with van der Waals surface area (Å²) in [6, 6.07) is 15.1. The first-order chi connectivity index (χ1) is 15.3. The number of epoxide rings is 2. The van der Waals surface area contributed by atoms with Crippen LogP contribution in [0.25, 0.3) is 11.1 Å². The molecule has 0 bridgehead atoms. The minimum Gasteiger partial charge on any atom is -0.491 e. The minimum atomic E-state index is 0.284. The molecule has 0 N–H and O–H groups in total. The molecule has 1 aliphatic carbocycles. The van der Waals surface area contributed by atoms with Crippen LogP contribution >= 0.6 is 0 Å². The summed E-state index contributed by atoms with van der Waals surface area (Å²) in [7, 11) is 0. The van der Waals surface area contributed by atoms with Gasteiger partial charge in [0.2, 0.25) is 0 Å². The highest BCUT2D eigenvalue weighted by Crippen LogP contribution is 2.34. The van der Waals surface area contributed by atoms with Gasteiger partial charge >= 0.3 is 0 Å². The molecule has 2 heterocycles.